The molecule has 7 nitrogen and oxygen atoms in total. The second-order valence-corrected chi connectivity index (χ2v) is 8.73. The van der Waals surface area contributed by atoms with Crippen LogP contribution in [0.1, 0.15) is 21.6 Å². The number of fused-ring (bicyclic) bond motifs is 1. The van der Waals surface area contributed by atoms with Gasteiger partial charge in [-0.15, -0.1) is 0 Å². The van der Waals surface area contributed by atoms with Crippen molar-refractivity contribution >= 4 is 26.8 Å². The molecular formula is C22H20N4O3S. The lowest BCUT2D eigenvalue weighted by atomic mass is 10.1. The summed E-state index contributed by atoms with van der Waals surface area (Å²) in [4.78, 5) is 20.2. The fourth-order valence-corrected chi connectivity index (χ4v) is 4.51. The van der Waals surface area contributed by atoms with Gasteiger partial charge in [-0.2, -0.15) is 0 Å². The number of benzene rings is 2. The highest BCUT2D eigenvalue weighted by Crippen LogP contribution is 2.23. The predicted octanol–water partition coefficient (Wildman–Crippen LogP) is 2.95. The van der Waals surface area contributed by atoms with Gasteiger partial charge >= 0.3 is 0 Å². The van der Waals surface area contributed by atoms with Crippen LogP contribution in [0.2, 0.25) is 0 Å². The van der Waals surface area contributed by atoms with Gasteiger partial charge in [0.05, 0.1) is 16.6 Å². The molecule has 0 aliphatic heterocycles. The fourth-order valence-electron chi connectivity index (χ4n) is 3.17. The van der Waals surface area contributed by atoms with Crippen LogP contribution in [-0.4, -0.2) is 34.8 Å². The van der Waals surface area contributed by atoms with Gasteiger partial charge < -0.3 is 5.32 Å². The normalized spacial score (nSPS) is 11.5. The van der Waals surface area contributed by atoms with E-state index in [-0.39, 0.29) is 16.5 Å². The van der Waals surface area contributed by atoms with Crippen molar-refractivity contribution in [2.75, 3.05) is 6.54 Å². The molecule has 2 heterocycles. The number of carbonyl (C=O) groups excluding carboxylic acids is 1. The van der Waals surface area contributed by atoms with Crippen LogP contribution < -0.4 is 5.32 Å². The Morgan fingerprint density at radius 1 is 1.07 bits per heavy atom. The molecule has 0 bridgehead atoms. The number of carbonyl (C=O) groups is 1. The highest BCUT2D eigenvalue weighted by molar-refractivity contribution is 7.90. The number of nitrogens with zero attached hydrogens (tertiary/aromatic N) is 3. The van der Waals surface area contributed by atoms with Crippen molar-refractivity contribution in [2.24, 2.45) is 0 Å². The molecule has 0 radical (unpaired) electrons. The Morgan fingerprint density at radius 3 is 2.60 bits per heavy atom. The summed E-state index contributed by atoms with van der Waals surface area (Å²) in [6.45, 7) is 2.31. The van der Waals surface area contributed by atoms with E-state index in [1.807, 2.05) is 25.1 Å². The lowest BCUT2D eigenvalue weighted by molar-refractivity contribution is 0.0948. The quantitative estimate of drug-likeness (QED) is 0.518. The number of aromatic nitrogens is 3. The van der Waals surface area contributed by atoms with Crippen LogP contribution in [0, 0.1) is 6.92 Å². The van der Waals surface area contributed by atoms with Crippen molar-refractivity contribution in [3.05, 3.63) is 90.1 Å². The Bertz CT molecular complexity index is 1300. The van der Waals surface area contributed by atoms with Crippen molar-refractivity contribution in [1.29, 1.82) is 0 Å². The molecule has 1 N–H and O–H groups in total. The summed E-state index contributed by atoms with van der Waals surface area (Å²) < 4.78 is 27.5. The second kappa shape index (κ2) is 8.08. The van der Waals surface area contributed by atoms with E-state index < -0.39 is 10.0 Å². The zero-order chi connectivity index (χ0) is 21.1. The molecule has 0 aliphatic rings. The van der Waals surface area contributed by atoms with Crippen LogP contribution in [0.4, 0.5) is 0 Å². The smallest absolute Gasteiger partial charge is 0.271 e. The summed E-state index contributed by atoms with van der Waals surface area (Å²) in [7, 11) is -3.69. The standard InChI is InChI=1S/C22H20N4O3S/c1-16-2-6-19(7-3-16)30(28,29)26-13-9-18-5-4-17(14-21(18)26)8-10-25-22(27)20-15-23-11-12-24-20/h2-7,9,11-15H,8,10H2,1H3,(H,25,27). The highest BCUT2D eigenvalue weighted by Gasteiger charge is 2.19. The zero-order valence-electron chi connectivity index (χ0n) is 16.3. The number of nitrogens with one attached hydrogen (secondary N) is 1. The van der Waals surface area contributed by atoms with Crippen molar-refractivity contribution in [1.82, 2.24) is 19.3 Å². The van der Waals surface area contributed by atoms with Crippen LogP contribution in [0.15, 0.2) is 78.2 Å². The average Bonchev–Trinajstić information content (AvgIpc) is 3.19. The van der Waals surface area contributed by atoms with Crippen LogP contribution in [0.3, 0.4) is 0 Å². The minimum absolute atomic E-state index is 0.243. The van der Waals surface area contributed by atoms with Gasteiger partial charge in [-0.1, -0.05) is 29.8 Å². The van der Waals surface area contributed by atoms with Crippen molar-refractivity contribution in [2.45, 2.75) is 18.2 Å². The van der Waals surface area contributed by atoms with Gasteiger partial charge in [0.2, 0.25) is 0 Å². The number of aryl methyl sites for hydroxylation is 1. The first-order chi connectivity index (χ1) is 14.4. The molecule has 4 aromatic rings. The number of hydrogen-bond acceptors (Lipinski definition) is 5. The summed E-state index contributed by atoms with van der Waals surface area (Å²) >= 11 is 0. The molecule has 2 aromatic carbocycles. The van der Waals surface area contributed by atoms with Crippen LogP contribution in [-0.2, 0) is 16.4 Å². The van der Waals surface area contributed by atoms with Crippen molar-refractivity contribution in [3.8, 4) is 0 Å². The van der Waals surface area contributed by atoms with E-state index in [9.17, 15) is 13.2 Å². The molecule has 4 rings (SSSR count). The number of rotatable bonds is 6. The SMILES string of the molecule is Cc1ccc(S(=O)(=O)n2ccc3ccc(CCNC(=O)c4cnccn4)cc32)cc1. The topological polar surface area (TPSA) is 94.0 Å². The van der Waals surface area contributed by atoms with Crippen molar-refractivity contribution < 1.29 is 13.2 Å². The first kappa shape index (κ1) is 19.8. The molecule has 0 atom stereocenters. The lowest BCUT2D eigenvalue weighted by Gasteiger charge is -2.09. The molecule has 1 amide bonds. The van der Waals surface area contributed by atoms with Gasteiger partial charge in [0.25, 0.3) is 15.9 Å². The molecule has 0 fully saturated rings. The molecule has 152 valence electrons. The zero-order valence-corrected chi connectivity index (χ0v) is 17.1. The van der Waals surface area contributed by atoms with E-state index >= 15 is 0 Å². The van der Waals surface area contributed by atoms with E-state index in [1.165, 1.54) is 22.6 Å². The van der Waals surface area contributed by atoms with E-state index in [4.69, 9.17) is 0 Å². The van der Waals surface area contributed by atoms with Gasteiger partial charge in [-0.05, 0) is 43.2 Å². The van der Waals surface area contributed by atoms with Gasteiger partial charge in [0.15, 0.2) is 0 Å². The van der Waals surface area contributed by atoms with Crippen molar-refractivity contribution in [3.63, 3.8) is 0 Å². The molecule has 30 heavy (non-hydrogen) atoms. The number of amides is 1. The predicted molar refractivity (Wildman–Crippen MR) is 114 cm³/mol. The van der Waals surface area contributed by atoms with E-state index in [0.29, 0.717) is 18.5 Å². The van der Waals surface area contributed by atoms with Gasteiger partial charge in [0, 0.05) is 30.5 Å². The molecular weight excluding hydrogens is 400 g/mol. The maximum absolute atomic E-state index is 13.1. The van der Waals surface area contributed by atoms with Gasteiger partial charge in [-0.25, -0.2) is 17.4 Å². The highest BCUT2D eigenvalue weighted by atomic mass is 32.2. The maximum Gasteiger partial charge on any atom is 0.271 e. The first-order valence-corrected chi connectivity index (χ1v) is 10.9. The average molecular weight is 420 g/mol. The summed E-state index contributed by atoms with van der Waals surface area (Å²) in [5.74, 6) is -0.297. The Morgan fingerprint density at radius 2 is 1.87 bits per heavy atom. The maximum atomic E-state index is 13.1. The third-order valence-corrected chi connectivity index (χ3v) is 6.50. The Labute approximate surface area is 174 Å². The summed E-state index contributed by atoms with van der Waals surface area (Å²) in [6.07, 6.45) is 6.50. The Kier molecular flexibility index (Phi) is 5.33. The molecule has 0 saturated carbocycles. The summed E-state index contributed by atoms with van der Waals surface area (Å²) in [5.41, 5.74) is 2.78. The largest absolute Gasteiger partial charge is 0.350 e. The molecule has 0 spiro atoms. The van der Waals surface area contributed by atoms with E-state index in [2.05, 4.69) is 15.3 Å². The minimum Gasteiger partial charge on any atom is -0.350 e. The minimum atomic E-state index is -3.69. The third-order valence-electron chi connectivity index (χ3n) is 4.79. The summed E-state index contributed by atoms with van der Waals surface area (Å²) in [5, 5.41) is 3.63. The molecule has 0 saturated heterocycles. The monoisotopic (exact) mass is 420 g/mol. The van der Waals surface area contributed by atoms with Crippen LogP contribution in [0.25, 0.3) is 10.9 Å². The van der Waals surface area contributed by atoms with Crippen LogP contribution in [0.5, 0.6) is 0 Å². The lowest BCUT2D eigenvalue weighted by Crippen LogP contribution is -2.26. The Hall–Kier alpha value is -3.52. The first-order valence-electron chi connectivity index (χ1n) is 9.41. The molecule has 2 aromatic heterocycles. The molecule has 0 aliphatic carbocycles. The summed E-state index contributed by atoms with van der Waals surface area (Å²) in [6, 6.07) is 14.2. The van der Waals surface area contributed by atoms with Gasteiger partial charge in [0.1, 0.15) is 5.69 Å². The Balaban J connectivity index is 1.54. The molecule has 0 unspecified atom stereocenters. The van der Waals surface area contributed by atoms with Gasteiger partial charge in [-0.3, -0.25) is 9.78 Å². The van der Waals surface area contributed by atoms with Crippen LogP contribution >= 0.6 is 0 Å². The molecule has 8 heteroatoms. The van der Waals surface area contributed by atoms with E-state index in [0.717, 1.165) is 16.5 Å². The third kappa shape index (κ3) is 3.95. The van der Waals surface area contributed by atoms with E-state index in [1.54, 1.807) is 36.5 Å². The fraction of sp³-hybridized carbons (Fsp3) is 0.136. The second-order valence-electron chi connectivity index (χ2n) is 6.92. The number of hydrogen-bond donors (Lipinski definition) is 1.